The molecule has 8 nitrogen and oxygen atoms in total. The number of carbonyl (C=O) groups excluding carboxylic acids is 1. The predicted molar refractivity (Wildman–Crippen MR) is 107 cm³/mol. The second-order valence-corrected chi connectivity index (χ2v) is 8.52. The Morgan fingerprint density at radius 1 is 1.32 bits per heavy atom. The molecule has 2 heterocycles. The summed E-state index contributed by atoms with van der Waals surface area (Å²) in [6, 6.07) is 5.00. The minimum absolute atomic E-state index is 0.0370. The van der Waals surface area contributed by atoms with Crippen molar-refractivity contribution in [1.29, 1.82) is 0 Å². The fraction of sp³-hybridized carbons (Fsp3) is 0.474. The Kier molecular flexibility index (Phi) is 7.20. The lowest BCUT2D eigenvalue weighted by molar-refractivity contribution is 0.0942. The molecular formula is C19H28N4O4S. The Morgan fingerprint density at radius 3 is 2.61 bits per heavy atom. The summed E-state index contributed by atoms with van der Waals surface area (Å²) < 4.78 is 33.9. The van der Waals surface area contributed by atoms with Gasteiger partial charge in [-0.15, -0.1) is 0 Å². The zero-order valence-electron chi connectivity index (χ0n) is 17.0. The first-order chi connectivity index (χ1) is 13.2. The SMILES string of the molecule is CCN(CC)S(=O)(=O)c1cc(C(=O)NCc2cccnc2OC(C)C)n(C)c1. The average molecular weight is 409 g/mol. The maximum atomic E-state index is 12.7. The molecule has 9 heteroatoms. The highest BCUT2D eigenvalue weighted by molar-refractivity contribution is 7.89. The van der Waals surface area contributed by atoms with Crippen molar-refractivity contribution in [3.63, 3.8) is 0 Å². The van der Waals surface area contributed by atoms with Crippen molar-refractivity contribution in [3.05, 3.63) is 41.9 Å². The number of aryl methyl sites for hydroxylation is 1. The smallest absolute Gasteiger partial charge is 0.268 e. The number of hydrogen-bond acceptors (Lipinski definition) is 5. The summed E-state index contributed by atoms with van der Waals surface area (Å²) in [5.74, 6) is 0.0947. The van der Waals surface area contributed by atoms with Crippen molar-refractivity contribution < 1.29 is 17.9 Å². The normalized spacial score (nSPS) is 11.8. The minimum atomic E-state index is -3.62. The standard InChI is InChI=1S/C19H28N4O4S/c1-6-23(7-2)28(25,26)16-11-17(22(5)13-16)18(24)21-12-15-9-8-10-20-19(15)27-14(3)4/h8-11,13-14H,6-7,12H2,1-5H3,(H,21,24). The van der Waals surface area contributed by atoms with E-state index in [0.29, 0.717) is 19.0 Å². The summed E-state index contributed by atoms with van der Waals surface area (Å²) in [4.78, 5) is 16.9. The van der Waals surface area contributed by atoms with Gasteiger partial charge >= 0.3 is 0 Å². The number of nitrogens with zero attached hydrogens (tertiary/aromatic N) is 3. The molecule has 2 aromatic rings. The third-order valence-electron chi connectivity index (χ3n) is 4.19. The van der Waals surface area contributed by atoms with Gasteiger partial charge in [-0.3, -0.25) is 4.79 Å². The van der Waals surface area contributed by atoms with Gasteiger partial charge in [0.25, 0.3) is 5.91 Å². The number of aromatic nitrogens is 2. The van der Waals surface area contributed by atoms with Gasteiger partial charge in [0.15, 0.2) is 0 Å². The van der Waals surface area contributed by atoms with Crippen LogP contribution in [-0.4, -0.2) is 47.4 Å². The molecule has 0 saturated carbocycles. The highest BCUT2D eigenvalue weighted by Gasteiger charge is 2.25. The lowest BCUT2D eigenvalue weighted by Gasteiger charge is -2.17. The molecular weight excluding hydrogens is 380 g/mol. The maximum absolute atomic E-state index is 12.7. The van der Waals surface area contributed by atoms with Gasteiger partial charge in [0.05, 0.1) is 6.10 Å². The van der Waals surface area contributed by atoms with Gasteiger partial charge in [-0.1, -0.05) is 19.9 Å². The van der Waals surface area contributed by atoms with Gasteiger partial charge in [-0.2, -0.15) is 4.31 Å². The fourth-order valence-electron chi connectivity index (χ4n) is 2.77. The molecule has 0 unspecified atom stereocenters. The molecule has 1 amide bonds. The summed E-state index contributed by atoms with van der Waals surface area (Å²) in [7, 11) is -1.97. The van der Waals surface area contributed by atoms with Crippen LogP contribution in [0.5, 0.6) is 5.88 Å². The Bertz CT molecular complexity index is 918. The molecule has 28 heavy (non-hydrogen) atoms. The quantitative estimate of drug-likeness (QED) is 0.686. The summed E-state index contributed by atoms with van der Waals surface area (Å²) in [5.41, 5.74) is 1.01. The molecule has 0 aliphatic heterocycles. The number of pyridine rings is 1. The Morgan fingerprint density at radius 2 is 2.00 bits per heavy atom. The molecule has 0 bridgehead atoms. The molecule has 154 valence electrons. The van der Waals surface area contributed by atoms with Crippen molar-refractivity contribution in [3.8, 4) is 5.88 Å². The molecule has 0 fully saturated rings. The van der Waals surface area contributed by atoms with Crippen LogP contribution in [0.15, 0.2) is 35.5 Å². The Labute approximate surface area is 166 Å². The fourth-order valence-corrected chi connectivity index (χ4v) is 4.30. The number of ether oxygens (including phenoxy) is 1. The minimum Gasteiger partial charge on any atom is -0.475 e. The number of rotatable bonds is 9. The van der Waals surface area contributed by atoms with Crippen molar-refractivity contribution in [2.24, 2.45) is 7.05 Å². The van der Waals surface area contributed by atoms with Crippen LogP contribution in [0.3, 0.4) is 0 Å². The van der Waals surface area contributed by atoms with Gasteiger partial charge < -0.3 is 14.6 Å². The lowest BCUT2D eigenvalue weighted by atomic mass is 10.2. The van der Waals surface area contributed by atoms with Crippen LogP contribution >= 0.6 is 0 Å². The van der Waals surface area contributed by atoms with E-state index in [0.717, 1.165) is 5.56 Å². The Hall–Kier alpha value is -2.39. The largest absolute Gasteiger partial charge is 0.475 e. The third kappa shape index (κ3) is 4.90. The van der Waals surface area contributed by atoms with Crippen LogP contribution < -0.4 is 10.1 Å². The van der Waals surface area contributed by atoms with E-state index in [2.05, 4.69) is 10.3 Å². The molecule has 2 aromatic heterocycles. The van der Waals surface area contributed by atoms with Crippen LogP contribution in [0.2, 0.25) is 0 Å². The van der Waals surface area contributed by atoms with Crippen molar-refractivity contribution in [2.45, 2.75) is 45.2 Å². The van der Waals surface area contributed by atoms with E-state index >= 15 is 0 Å². The van der Waals surface area contributed by atoms with Crippen LogP contribution in [0.4, 0.5) is 0 Å². The molecule has 0 aliphatic carbocycles. The van der Waals surface area contributed by atoms with Crippen molar-refractivity contribution in [1.82, 2.24) is 19.2 Å². The van der Waals surface area contributed by atoms with E-state index in [9.17, 15) is 13.2 Å². The second kappa shape index (κ2) is 9.20. The zero-order valence-corrected chi connectivity index (χ0v) is 17.8. The summed E-state index contributed by atoms with van der Waals surface area (Å²) in [6.07, 6.45) is 3.05. The highest BCUT2D eigenvalue weighted by Crippen LogP contribution is 2.19. The Balaban J connectivity index is 2.18. The highest BCUT2D eigenvalue weighted by atomic mass is 32.2. The molecule has 0 spiro atoms. The zero-order chi connectivity index (χ0) is 20.9. The number of carbonyl (C=O) groups is 1. The first-order valence-corrected chi connectivity index (χ1v) is 10.7. The number of sulfonamides is 1. The molecule has 0 aromatic carbocycles. The summed E-state index contributed by atoms with van der Waals surface area (Å²) in [6.45, 7) is 8.32. The van der Waals surface area contributed by atoms with Crippen LogP contribution in [0.25, 0.3) is 0 Å². The summed E-state index contributed by atoms with van der Waals surface area (Å²) in [5, 5.41) is 2.80. The van der Waals surface area contributed by atoms with Gasteiger partial charge in [0.2, 0.25) is 15.9 Å². The third-order valence-corrected chi connectivity index (χ3v) is 6.21. The van der Waals surface area contributed by atoms with E-state index < -0.39 is 10.0 Å². The van der Waals surface area contributed by atoms with Gasteiger partial charge in [0.1, 0.15) is 10.6 Å². The monoisotopic (exact) mass is 408 g/mol. The molecule has 2 rings (SSSR count). The van der Waals surface area contributed by atoms with Crippen LogP contribution in [0, 0.1) is 0 Å². The van der Waals surface area contributed by atoms with Crippen LogP contribution in [0.1, 0.15) is 43.7 Å². The lowest BCUT2D eigenvalue weighted by Crippen LogP contribution is -2.30. The van der Waals surface area contributed by atoms with Gasteiger partial charge in [-0.25, -0.2) is 13.4 Å². The van der Waals surface area contributed by atoms with Gasteiger partial charge in [0, 0.05) is 44.6 Å². The van der Waals surface area contributed by atoms with E-state index in [1.807, 2.05) is 19.9 Å². The van der Waals surface area contributed by atoms with Crippen molar-refractivity contribution >= 4 is 15.9 Å². The predicted octanol–water partition coefficient (Wildman–Crippen LogP) is 2.17. The number of hydrogen-bond donors (Lipinski definition) is 1. The first kappa shape index (κ1) is 21.9. The molecule has 0 aliphatic rings. The number of amides is 1. The molecule has 0 atom stereocenters. The number of nitrogens with one attached hydrogen (secondary N) is 1. The first-order valence-electron chi connectivity index (χ1n) is 9.25. The van der Waals surface area contributed by atoms with Gasteiger partial charge in [-0.05, 0) is 26.0 Å². The van der Waals surface area contributed by atoms with Crippen molar-refractivity contribution in [2.75, 3.05) is 13.1 Å². The van der Waals surface area contributed by atoms with E-state index in [4.69, 9.17) is 4.74 Å². The van der Waals surface area contributed by atoms with E-state index in [-0.39, 0.29) is 29.1 Å². The second-order valence-electron chi connectivity index (χ2n) is 6.58. The van der Waals surface area contributed by atoms with E-state index in [1.165, 1.54) is 21.1 Å². The topological polar surface area (TPSA) is 93.5 Å². The average Bonchev–Trinajstić information content (AvgIpc) is 3.04. The van der Waals surface area contributed by atoms with Crippen LogP contribution in [-0.2, 0) is 23.6 Å². The maximum Gasteiger partial charge on any atom is 0.268 e. The summed E-state index contributed by atoms with van der Waals surface area (Å²) >= 11 is 0. The molecule has 1 N–H and O–H groups in total. The van der Waals surface area contributed by atoms with E-state index in [1.54, 1.807) is 33.2 Å². The molecule has 0 radical (unpaired) electrons. The molecule has 0 saturated heterocycles.